The van der Waals surface area contributed by atoms with E-state index in [4.69, 9.17) is 50.1 Å². The third-order valence-corrected chi connectivity index (χ3v) is 6.35. The van der Waals surface area contributed by atoms with Gasteiger partial charge >= 0.3 is 0 Å². The van der Waals surface area contributed by atoms with E-state index in [0.717, 1.165) is 29.3 Å². The molecule has 3 aromatic rings. The Balaban J connectivity index is 0.000000687. The number of hydrogen-bond acceptors (Lipinski definition) is 4. The van der Waals surface area contributed by atoms with Gasteiger partial charge in [0.15, 0.2) is 0 Å². The molecule has 1 unspecified atom stereocenters. The Bertz CT molecular complexity index is 885. The van der Waals surface area contributed by atoms with E-state index < -0.39 is 5.09 Å². The van der Waals surface area contributed by atoms with Gasteiger partial charge in [-0.1, -0.05) is 53.0 Å². The van der Waals surface area contributed by atoms with Crippen LogP contribution < -0.4 is 0 Å². The summed E-state index contributed by atoms with van der Waals surface area (Å²) in [5, 5.41) is 16.1. The number of thioether (sulfide) groups is 1. The summed E-state index contributed by atoms with van der Waals surface area (Å²) >= 11 is 20.4. The number of benzene rings is 2. The minimum absolute atomic E-state index is 0.322. The molecule has 154 valence electrons. The second-order valence-corrected chi connectivity index (χ2v) is 8.51. The van der Waals surface area contributed by atoms with E-state index in [1.54, 1.807) is 18.0 Å². The van der Waals surface area contributed by atoms with Crippen LogP contribution in [0.15, 0.2) is 66.1 Å². The Morgan fingerprint density at radius 2 is 1.76 bits per heavy atom. The van der Waals surface area contributed by atoms with Crippen LogP contribution in [-0.2, 0) is 13.0 Å². The SMILES string of the molecule is Clc1ccc(CCC(Cn2ccnc2)Sc2c(Cl)cccc2Cl)cc1.O=[N+]([O-])O. The van der Waals surface area contributed by atoms with Crippen LogP contribution in [-0.4, -0.2) is 25.1 Å². The first-order valence-corrected chi connectivity index (χ1v) is 10.5. The van der Waals surface area contributed by atoms with E-state index in [1.807, 2.05) is 42.9 Å². The molecule has 1 heterocycles. The van der Waals surface area contributed by atoms with Crippen molar-refractivity contribution < 1.29 is 10.3 Å². The fraction of sp³-hybridized carbons (Fsp3) is 0.211. The zero-order valence-corrected chi connectivity index (χ0v) is 18.2. The van der Waals surface area contributed by atoms with Gasteiger partial charge in [-0.25, -0.2) is 4.98 Å². The summed E-state index contributed by atoms with van der Waals surface area (Å²) in [6.07, 6.45) is 7.56. The first kappa shape index (κ1) is 23.3. The number of nitrogens with zero attached hydrogens (tertiary/aromatic N) is 3. The lowest BCUT2D eigenvalue weighted by molar-refractivity contribution is -0.742. The Hall–Kier alpha value is -1.93. The van der Waals surface area contributed by atoms with Crippen LogP contribution in [0.3, 0.4) is 0 Å². The molecule has 0 spiro atoms. The van der Waals surface area contributed by atoms with E-state index in [0.29, 0.717) is 15.3 Å². The molecule has 0 saturated heterocycles. The second-order valence-electron chi connectivity index (χ2n) is 5.95. The van der Waals surface area contributed by atoms with Crippen LogP contribution >= 0.6 is 46.6 Å². The van der Waals surface area contributed by atoms with E-state index in [9.17, 15) is 0 Å². The van der Waals surface area contributed by atoms with Crippen molar-refractivity contribution in [1.29, 1.82) is 0 Å². The molecule has 0 aliphatic carbocycles. The molecule has 0 bridgehead atoms. The molecule has 0 saturated carbocycles. The highest BCUT2D eigenvalue weighted by Gasteiger charge is 2.16. The Morgan fingerprint density at radius 1 is 1.14 bits per heavy atom. The number of aryl methyl sites for hydroxylation is 1. The zero-order valence-electron chi connectivity index (χ0n) is 15.1. The predicted molar refractivity (Wildman–Crippen MR) is 117 cm³/mol. The van der Waals surface area contributed by atoms with Crippen molar-refractivity contribution in [3.63, 3.8) is 0 Å². The van der Waals surface area contributed by atoms with Gasteiger partial charge in [0.05, 0.1) is 16.4 Å². The number of aromatic nitrogens is 2. The van der Waals surface area contributed by atoms with Crippen LogP contribution in [0, 0.1) is 10.1 Å². The van der Waals surface area contributed by atoms with Crippen molar-refractivity contribution in [2.45, 2.75) is 29.5 Å². The molecule has 29 heavy (non-hydrogen) atoms. The number of imidazole rings is 1. The minimum Gasteiger partial charge on any atom is -0.336 e. The lowest BCUT2D eigenvalue weighted by Crippen LogP contribution is -2.13. The molecule has 0 fully saturated rings. The molecule has 3 rings (SSSR count). The van der Waals surface area contributed by atoms with Gasteiger partial charge in [0, 0.05) is 34.1 Å². The highest BCUT2D eigenvalue weighted by Crippen LogP contribution is 2.38. The number of rotatable bonds is 7. The molecular weight excluding hydrogens is 457 g/mol. The minimum atomic E-state index is -1.50. The summed E-state index contributed by atoms with van der Waals surface area (Å²) in [4.78, 5) is 13.4. The number of hydrogen-bond donors (Lipinski definition) is 1. The van der Waals surface area contributed by atoms with Crippen molar-refractivity contribution in [3.05, 3.63) is 91.9 Å². The van der Waals surface area contributed by atoms with Crippen LogP contribution in [0.2, 0.25) is 15.1 Å². The molecule has 6 nitrogen and oxygen atoms in total. The van der Waals surface area contributed by atoms with Gasteiger partial charge in [0.25, 0.3) is 5.09 Å². The third-order valence-electron chi connectivity index (χ3n) is 3.85. The Kier molecular flexibility index (Phi) is 9.60. The van der Waals surface area contributed by atoms with E-state index >= 15 is 0 Å². The summed E-state index contributed by atoms with van der Waals surface area (Å²) in [6.45, 7) is 0.847. The topological polar surface area (TPSA) is 81.2 Å². The molecule has 0 aliphatic heterocycles. The molecule has 2 aromatic carbocycles. The van der Waals surface area contributed by atoms with Gasteiger partial charge in [-0.05, 0) is 42.7 Å². The zero-order chi connectivity index (χ0) is 21.2. The van der Waals surface area contributed by atoms with Crippen LogP contribution in [0.4, 0.5) is 0 Å². The third kappa shape index (κ3) is 8.53. The molecule has 0 aliphatic rings. The monoisotopic (exact) mass is 473 g/mol. The average molecular weight is 475 g/mol. The van der Waals surface area contributed by atoms with Gasteiger partial charge in [-0.2, -0.15) is 0 Å². The van der Waals surface area contributed by atoms with Crippen molar-refractivity contribution in [3.8, 4) is 0 Å². The second kappa shape index (κ2) is 11.9. The van der Waals surface area contributed by atoms with Crippen molar-refractivity contribution in [2.75, 3.05) is 0 Å². The molecule has 0 radical (unpaired) electrons. The Labute approximate surface area is 187 Å². The van der Waals surface area contributed by atoms with Crippen LogP contribution in [0.25, 0.3) is 0 Å². The van der Waals surface area contributed by atoms with E-state index in [2.05, 4.69) is 21.7 Å². The largest absolute Gasteiger partial charge is 0.336 e. The summed E-state index contributed by atoms with van der Waals surface area (Å²) < 4.78 is 2.09. The van der Waals surface area contributed by atoms with Gasteiger partial charge in [0.1, 0.15) is 0 Å². The molecule has 1 aromatic heterocycles. The van der Waals surface area contributed by atoms with Crippen molar-refractivity contribution in [2.24, 2.45) is 0 Å². The van der Waals surface area contributed by atoms with Crippen molar-refractivity contribution >= 4 is 46.6 Å². The molecule has 0 amide bonds. The summed E-state index contributed by atoms with van der Waals surface area (Å²) in [5.74, 6) is 0. The number of halogens is 3. The maximum Gasteiger partial charge on any atom is 0.291 e. The molecule has 1 atom stereocenters. The fourth-order valence-corrected chi connectivity index (χ4v) is 4.53. The lowest BCUT2D eigenvalue weighted by Gasteiger charge is -2.19. The Morgan fingerprint density at radius 3 is 2.31 bits per heavy atom. The first-order valence-electron chi connectivity index (χ1n) is 8.49. The highest BCUT2D eigenvalue weighted by molar-refractivity contribution is 8.00. The molecular formula is C19H18Cl3N3O3S. The van der Waals surface area contributed by atoms with Crippen LogP contribution in [0.5, 0.6) is 0 Å². The van der Waals surface area contributed by atoms with Gasteiger partial charge in [-0.3, -0.25) is 0 Å². The summed E-state index contributed by atoms with van der Waals surface area (Å²) in [7, 11) is 0. The van der Waals surface area contributed by atoms with E-state index in [-0.39, 0.29) is 0 Å². The maximum absolute atomic E-state index is 8.36. The smallest absolute Gasteiger partial charge is 0.291 e. The maximum atomic E-state index is 8.36. The standard InChI is InChI=1S/C19H17Cl3N2S.HNO3/c20-15-7-4-14(5-8-15)6-9-16(12-24-11-10-23-13-24)25-19-17(21)2-1-3-18(19)22;2-1(3)4/h1-5,7-8,10-11,13,16H,6,9,12H2;(H,2,3,4). The molecule has 1 N–H and O–H groups in total. The fourth-order valence-electron chi connectivity index (χ4n) is 2.56. The normalized spacial score (nSPS) is 11.4. The van der Waals surface area contributed by atoms with Gasteiger partial charge in [0.2, 0.25) is 0 Å². The molecule has 10 heteroatoms. The average Bonchev–Trinajstić information content (AvgIpc) is 3.16. The van der Waals surface area contributed by atoms with Crippen LogP contribution in [0.1, 0.15) is 12.0 Å². The summed E-state index contributed by atoms with van der Waals surface area (Å²) in [6, 6.07) is 13.6. The quantitative estimate of drug-likeness (QED) is 0.247. The van der Waals surface area contributed by atoms with E-state index in [1.165, 1.54) is 5.56 Å². The predicted octanol–water partition coefficient (Wildman–Crippen LogP) is 6.29. The first-order chi connectivity index (χ1) is 13.8. The van der Waals surface area contributed by atoms with Gasteiger partial charge < -0.3 is 9.77 Å². The summed E-state index contributed by atoms with van der Waals surface area (Å²) in [5.41, 5.74) is 1.27. The lowest BCUT2D eigenvalue weighted by atomic mass is 10.1. The van der Waals surface area contributed by atoms with Gasteiger partial charge in [-0.15, -0.1) is 21.9 Å². The van der Waals surface area contributed by atoms with Crippen molar-refractivity contribution in [1.82, 2.24) is 9.55 Å². The highest BCUT2D eigenvalue weighted by atomic mass is 35.5.